The van der Waals surface area contributed by atoms with Crippen LogP contribution in [0.2, 0.25) is 0 Å². The molecule has 0 aliphatic rings. The number of para-hydroxylation sites is 1. The monoisotopic (exact) mass is 484 g/mol. The number of rotatable bonds is 10. The number of phenolic OH excluding ortho intramolecular Hbond substituents is 1. The summed E-state index contributed by atoms with van der Waals surface area (Å²) >= 11 is 0. The third-order valence-electron chi connectivity index (χ3n) is 5.49. The minimum absolute atomic E-state index is 0.000883. The Hall–Kier alpha value is -3.31. The molecule has 0 aliphatic carbocycles. The fourth-order valence-electron chi connectivity index (χ4n) is 3.59. The van der Waals surface area contributed by atoms with Gasteiger partial charge in [0.05, 0.1) is 17.3 Å². The van der Waals surface area contributed by atoms with Crippen LogP contribution in [0.4, 0.5) is 5.69 Å². The number of nitrogens with one attached hydrogen (secondary N) is 3. The van der Waals surface area contributed by atoms with Crippen molar-refractivity contribution >= 4 is 37.7 Å². The number of phenols is 1. The van der Waals surface area contributed by atoms with Gasteiger partial charge in [0.1, 0.15) is 18.1 Å². The maximum Gasteiger partial charge on any atom is 0.301 e. The molecule has 180 valence electrons. The minimum atomic E-state index is -3.78. The van der Waals surface area contributed by atoms with Crippen molar-refractivity contribution in [3.8, 4) is 11.5 Å². The van der Waals surface area contributed by atoms with E-state index in [2.05, 4.69) is 21.1 Å². The van der Waals surface area contributed by atoms with Crippen LogP contribution in [-0.4, -0.2) is 61.7 Å². The number of H-pyrrole nitrogens is 1. The zero-order chi connectivity index (χ0) is 24.3. The molecule has 4 aromatic rings. The number of aromatic hydroxyl groups is 1. The van der Waals surface area contributed by atoms with Crippen LogP contribution in [0.5, 0.6) is 11.5 Å². The molecule has 0 amide bonds. The number of hydrogen-bond donors (Lipinski definition) is 5. The smallest absolute Gasteiger partial charge is 0.301 e. The third-order valence-corrected chi connectivity index (χ3v) is 6.93. The van der Waals surface area contributed by atoms with E-state index in [0.29, 0.717) is 18.7 Å². The number of aromatic amines is 1. The molecule has 1 aromatic heterocycles. The summed E-state index contributed by atoms with van der Waals surface area (Å²) in [5.74, 6) is 0.521. The van der Waals surface area contributed by atoms with Crippen molar-refractivity contribution in [3.05, 3.63) is 66.2 Å². The van der Waals surface area contributed by atoms with Crippen LogP contribution in [0.1, 0.15) is 11.7 Å². The quantitative estimate of drug-likeness (QED) is 0.174. The number of aromatic nitrogens is 1. The van der Waals surface area contributed by atoms with Crippen molar-refractivity contribution in [1.82, 2.24) is 14.6 Å². The summed E-state index contributed by atoms with van der Waals surface area (Å²) in [6, 6.07) is 18.4. The molecule has 4 rings (SSSR count). The molecule has 3 aromatic carbocycles. The number of aliphatic hydroxyl groups excluding tert-OH is 1. The summed E-state index contributed by atoms with van der Waals surface area (Å²) in [7, 11) is -1.03. The van der Waals surface area contributed by atoms with E-state index >= 15 is 0 Å². The van der Waals surface area contributed by atoms with Crippen LogP contribution in [0, 0.1) is 0 Å². The van der Waals surface area contributed by atoms with Gasteiger partial charge in [-0.1, -0.05) is 24.3 Å². The van der Waals surface area contributed by atoms with Gasteiger partial charge in [0, 0.05) is 49.5 Å². The number of hydrogen-bond acceptors (Lipinski definition) is 6. The summed E-state index contributed by atoms with van der Waals surface area (Å²) in [5.41, 5.74) is 2.56. The maximum absolute atomic E-state index is 12.0. The lowest BCUT2D eigenvalue weighted by Crippen LogP contribution is -2.29. The second-order valence-corrected chi connectivity index (χ2v) is 10.00. The fraction of sp³-hybridized carbons (Fsp3) is 0.250. The normalized spacial score (nSPS) is 12.9. The van der Waals surface area contributed by atoms with Gasteiger partial charge in [-0.05, 0) is 35.9 Å². The van der Waals surface area contributed by atoms with Gasteiger partial charge in [0.25, 0.3) is 0 Å². The molecule has 0 bridgehead atoms. The number of nitrogens with zero attached hydrogens (tertiary/aromatic N) is 1. The lowest BCUT2D eigenvalue weighted by molar-refractivity contribution is 0.172. The first kappa shape index (κ1) is 23.8. The SMILES string of the molecule is CN(C)S(=O)(=O)Nc1cc([C@@H](O)CNCCOc2ccc3c(c2)[nH]c2ccccc23)ccc1O. The highest BCUT2D eigenvalue weighted by Gasteiger charge is 2.17. The van der Waals surface area contributed by atoms with Crippen LogP contribution in [0.3, 0.4) is 0 Å². The molecule has 1 heterocycles. The molecular formula is C24H28N4O5S. The first-order valence-electron chi connectivity index (χ1n) is 10.8. The highest BCUT2D eigenvalue weighted by atomic mass is 32.2. The molecule has 0 saturated carbocycles. The molecule has 0 spiro atoms. The summed E-state index contributed by atoms with van der Waals surface area (Å²) in [4.78, 5) is 3.39. The Kier molecular flexibility index (Phi) is 6.94. The van der Waals surface area contributed by atoms with Gasteiger partial charge in [0.2, 0.25) is 0 Å². The molecule has 5 N–H and O–H groups in total. The molecule has 0 unspecified atom stereocenters. The average Bonchev–Trinajstić information content (AvgIpc) is 3.17. The molecule has 34 heavy (non-hydrogen) atoms. The van der Waals surface area contributed by atoms with E-state index in [4.69, 9.17) is 4.74 Å². The lowest BCUT2D eigenvalue weighted by Gasteiger charge is -2.17. The summed E-state index contributed by atoms with van der Waals surface area (Å²) < 4.78 is 33.2. The number of aliphatic hydroxyl groups is 1. The average molecular weight is 485 g/mol. The number of anilines is 1. The third kappa shape index (κ3) is 5.26. The zero-order valence-electron chi connectivity index (χ0n) is 18.9. The van der Waals surface area contributed by atoms with E-state index in [1.54, 1.807) is 6.07 Å². The van der Waals surface area contributed by atoms with Gasteiger partial charge in [-0.3, -0.25) is 4.72 Å². The van der Waals surface area contributed by atoms with Crippen molar-refractivity contribution in [2.24, 2.45) is 0 Å². The molecule has 1 atom stereocenters. The lowest BCUT2D eigenvalue weighted by atomic mass is 10.1. The van der Waals surface area contributed by atoms with Crippen molar-refractivity contribution in [1.29, 1.82) is 0 Å². The van der Waals surface area contributed by atoms with Gasteiger partial charge in [0.15, 0.2) is 0 Å². The number of benzene rings is 3. The van der Waals surface area contributed by atoms with Gasteiger partial charge >= 0.3 is 10.2 Å². The second-order valence-electron chi connectivity index (χ2n) is 8.11. The Morgan fingerprint density at radius 2 is 1.79 bits per heavy atom. The molecule has 0 saturated heterocycles. The Labute approximate surface area is 198 Å². The van der Waals surface area contributed by atoms with Crippen LogP contribution in [0.25, 0.3) is 21.8 Å². The molecule has 0 radical (unpaired) electrons. The molecule has 9 nitrogen and oxygen atoms in total. The Bertz CT molecular complexity index is 1400. The van der Waals surface area contributed by atoms with Crippen LogP contribution >= 0.6 is 0 Å². The van der Waals surface area contributed by atoms with E-state index in [1.807, 2.05) is 36.4 Å². The first-order chi connectivity index (χ1) is 16.2. The largest absolute Gasteiger partial charge is 0.506 e. The molecule has 0 fully saturated rings. The van der Waals surface area contributed by atoms with Crippen LogP contribution < -0.4 is 14.8 Å². The first-order valence-corrected chi connectivity index (χ1v) is 12.2. The van der Waals surface area contributed by atoms with E-state index in [0.717, 1.165) is 26.5 Å². The standard InChI is InChI=1S/C24H28N4O5S/c1-28(2)34(31,32)27-22-13-16(7-10-23(22)29)24(30)15-25-11-12-33-17-8-9-19-18-5-3-4-6-20(18)26-21(19)14-17/h3-10,13-14,24-27,29-30H,11-12,15H2,1-2H3/t24-/m0/s1. The Morgan fingerprint density at radius 1 is 1.03 bits per heavy atom. The van der Waals surface area contributed by atoms with Crippen molar-refractivity contribution in [2.75, 3.05) is 38.5 Å². The second kappa shape index (κ2) is 9.90. The Morgan fingerprint density at radius 3 is 2.59 bits per heavy atom. The van der Waals surface area contributed by atoms with Crippen molar-refractivity contribution in [2.45, 2.75) is 6.10 Å². The predicted molar refractivity (Wildman–Crippen MR) is 133 cm³/mol. The van der Waals surface area contributed by atoms with Crippen molar-refractivity contribution in [3.63, 3.8) is 0 Å². The molecule has 10 heteroatoms. The van der Waals surface area contributed by atoms with Gasteiger partial charge < -0.3 is 25.3 Å². The Balaban J connectivity index is 1.29. The van der Waals surface area contributed by atoms with E-state index < -0.39 is 16.3 Å². The topological polar surface area (TPSA) is 127 Å². The number of ether oxygens (including phenoxy) is 1. The fourth-order valence-corrected chi connectivity index (χ4v) is 4.22. The molecular weight excluding hydrogens is 456 g/mol. The maximum atomic E-state index is 12.0. The van der Waals surface area contributed by atoms with E-state index in [-0.39, 0.29) is 18.0 Å². The van der Waals surface area contributed by atoms with Crippen molar-refractivity contribution < 1.29 is 23.4 Å². The highest BCUT2D eigenvalue weighted by Crippen LogP contribution is 2.29. The van der Waals surface area contributed by atoms with Crippen LogP contribution in [0.15, 0.2) is 60.7 Å². The van der Waals surface area contributed by atoms with Crippen LogP contribution in [-0.2, 0) is 10.2 Å². The molecule has 0 aliphatic heterocycles. The predicted octanol–water partition coefficient (Wildman–Crippen LogP) is 2.95. The minimum Gasteiger partial charge on any atom is -0.506 e. The van der Waals surface area contributed by atoms with Gasteiger partial charge in [-0.2, -0.15) is 12.7 Å². The highest BCUT2D eigenvalue weighted by molar-refractivity contribution is 7.90. The van der Waals surface area contributed by atoms with E-state index in [9.17, 15) is 18.6 Å². The number of fused-ring (bicyclic) bond motifs is 3. The summed E-state index contributed by atoms with van der Waals surface area (Å²) in [5, 5.41) is 25.9. The van der Waals surface area contributed by atoms with Gasteiger partial charge in [-0.15, -0.1) is 0 Å². The summed E-state index contributed by atoms with van der Waals surface area (Å²) in [6.07, 6.45) is -0.897. The summed E-state index contributed by atoms with van der Waals surface area (Å²) in [6.45, 7) is 1.14. The zero-order valence-corrected chi connectivity index (χ0v) is 19.8. The van der Waals surface area contributed by atoms with Gasteiger partial charge in [-0.25, -0.2) is 0 Å². The van der Waals surface area contributed by atoms with E-state index in [1.165, 1.54) is 31.6 Å².